The first-order valence-corrected chi connectivity index (χ1v) is 7.24. The van der Waals surface area contributed by atoms with Crippen LogP contribution in [-0.2, 0) is 11.3 Å². The number of carboxylic acid groups (broad SMARTS) is 1. The minimum Gasteiger partial charge on any atom is -0.481 e. The Bertz CT molecular complexity index is 448. The van der Waals surface area contributed by atoms with Crippen molar-refractivity contribution in [3.63, 3.8) is 0 Å². The van der Waals surface area contributed by atoms with Crippen LogP contribution in [0, 0.1) is 5.92 Å². The summed E-state index contributed by atoms with van der Waals surface area (Å²) in [4.78, 5) is 22.0. The number of aliphatic carboxylic acids is 1. The van der Waals surface area contributed by atoms with E-state index in [1.54, 1.807) is 0 Å². The third kappa shape index (κ3) is 7.13. The lowest BCUT2D eigenvalue weighted by molar-refractivity contribution is -0.137. The molecule has 0 aromatic heterocycles. The van der Waals surface area contributed by atoms with Crippen LogP contribution in [0.4, 0.5) is 4.79 Å². The van der Waals surface area contributed by atoms with Gasteiger partial charge < -0.3 is 15.7 Å². The minimum atomic E-state index is -0.809. The predicted molar refractivity (Wildman–Crippen MR) is 80.4 cm³/mol. The summed E-state index contributed by atoms with van der Waals surface area (Å²) in [6.07, 6.45) is 0.686. The molecule has 110 valence electrons. The quantitative estimate of drug-likeness (QED) is 0.712. The predicted octanol–water partition coefficient (Wildman–Crippen LogP) is 2.75. The number of amides is 2. The van der Waals surface area contributed by atoms with Crippen LogP contribution in [0.3, 0.4) is 0 Å². The number of rotatable bonds is 7. The zero-order valence-corrected chi connectivity index (χ0v) is 12.9. The van der Waals surface area contributed by atoms with Gasteiger partial charge in [-0.15, -0.1) is 0 Å². The van der Waals surface area contributed by atoms with E-state index >= 15 is 0 Å². The molecular formula is C14H19BrN2O3. The van der Waals surface area contributed by atoms with Crippen molar-refractivity contribution in [1.29, 1.82) is 0 Å². The van der Waals surface area contributed by atoms with Crippen LogP contribution < -0.4 is 10.6 Å². The maximum Gasteiger partial charge on any atom is 0.315 e. The molecule has 0 spiro atoms. The van der Waals surface area contributed by atoms with Crippen molar-refractivity contribution < 1.29 is 14.7 Å². The molecule has 6 heteroatoms. The average Bonchev–Trinajstić information content (AvgIpc) is 2.42. The highest BCUT2D eigenvalue weighted by Gasteiger charge is 2.07. The summed E-state index contributed by atoms with van der Waals surface area (Å²) in [5, 5.41) is 14.1. The molecule has 3 N–H and O–H groups in total. The van der Waals surface area contributed by atoms with Crippen LogP contribution in [0.25, 0.3) is 0 Å². The van der Waals surface area contributed by atoms with Crippen LogP contribution in [0.2, 0.25) is 0 Å². The van der Waals surface area contributed by atoms with Crippen molar-refractivity contribution in [3.05, 3.63) is 34.3 Å². The third-order valence-corrected chi connectivity index (χ3v) is 3.36. The Morgan fingerprint density at radius 3 is 2.50 bits per heavy atom. The largest absolute Gasteiger partial charge is 0.481 e. The summed E-state index contributed by atoms with van der Waals surface area (Å²) < 4.78 is 0.998. The fourth-order valence-corrected chi connectivity index (χ4v) is 1.85. The smallest absolute Gasteiger partial charge is 0.315 e. The monoisotopic (exact) mass is 342 g/mol. The van der Waals surface area contributed by atoms with Gasteiger partial charge in [-0.25, -0.2) is 4.79 Å². The van der Waals surface area contributed by atoms with Crippen molar-refractivity contribution in [3.8, 4) is 0 Å². The first kappa shape index (κ1) is 16.5. The SMILES string of the molecule is CC(CCC(=O)O)CNC(=O)NCc1ccc(Br)cc1. The van der Waals surface area contributed by atoms with Gasteiger partial charge in [0.2, 0.25) is 0 Å². The Morgan fingerprint density at radius 1 is 1.25 bits per heavy atom. The lowest BCUT2D eigenvalue weighted by Crippen LogP contribution is -2.37. The Hall–Kier alpha value is -1.56. The van der Waals surface area contributed by atoms with E-state index in [0.29, 0.717) is 19.5 Å². The van der Waals surface area contributed by atoms with Crippen LogP contribution in [0.5, 0.6) is 0 Å². The standard InChI is InChI=1S/C14H19BrN2O3/c1-10(2-7-13(18)19)8-16-14(20)17-9-11-3-5-12(15)6-4-11/h3-6,10H,2,7-9H2,1H3,(H,18,19)(H2,16,17,20). The molecule has 1 rings (SSSR count). The van der Waals surface area contributed by atoms with Crippen LogP contribution in [0.15, 0.2) is 28.7 Å². The van der Waals surface area contributed by atoms with E-state index in [4.69, 9.17) is 5.11 Å². The summed E-state index contributed by atoms with van der Waals surface area (Å²) in [5.74, 6) is -0.666. The molecule has 0 heterocycles. The molecule has 0 saturated carbocycles. The molecular weight excluding hydrogens is 324 g/mol. The molecule has 5 nitrogen and oxygen atoms in total. The molecule has 0 saturated heterocycles. The van der Waals surface area contributed by atoms with Gasteiger partial charge in [0.25, 0.3) is 0 Å². The molecule has 1 atom stereocenters. The highest BCUT2D eigenvalue weighted by Crippen LogP contribution is 2.10. The maximum absolute atomic E-state index is 11.6. The van der Waals surface area contributed by atoms with E-state index < -0.39 is 5.97 Å². The molecule has 0 aliphatic heterocycles. The molecule has 1 aromatic rings. The Kier molecular flexibility index (Phi) is 7.08. The number of halogens is 1. The zero-order valence-electron chi connectivity index (χ0n) is 11.4. The number of carbonyl (C=O) groups excluding carboxylic acids is 1. The van der Waals surface area contributed by atoms with Crippen molar-refractivity contribution in [2.24, 2.45) is 5.92 Å². The van der Waals surface area contributed by atoms with Crippen LogP contribution in [-0.4, -0.2) is 23.7 Å². The number of nitrogens with one attached hydrogen (secondary N) is 2. The molecule has 0 bridgehead atoms. The number of hydrogen-bond acceptors (Lipinski definition) is 2. The minimum absolute atomic E-state index is 0.128. The number of benzene rings is 1. The van der Waals surface area contributed by atoms with Crippen LogP contribution >= 0.6 is 15.9 Å². The van der Waals surface area contributed by atoms with Gasteiger partial charge in [-0.3, -0.25) is 4.79 Å². The Balaban J connectivity index is 2.20. The van der Waals surface area contributed by atoms with E-state index in [1.165, 1.54) is 0 Å². The highest BCUT2D eigenvalue weighted by atomic mass is 79.9. The highest BCUT2D eigenvalue weighted by molar-refractivity contribution is 9.10. The fraction of sp³-hybridized carbons (Fsp3) is 0.429. The molecule has 0 fully saturated rings. The second kappa shape index (κ2) is 8.58. The first-order valence-electron chi connectivity index (χ1n) is 6.45. The van der Waals surface area contributed by atoms with Crippen molar-refractivity contribution >= 4 is 27.9 Å². The zero-order chi connectivity index (χ0) is 15.0. The summed E-state index contributed by atoms with van der Waals surface area (Å²) >= 11 is 3.35. The lowest BCUT2D eigenvalue weighted by atomic mass is 10.1. The summed E-state index contributed by atoms with van der Waals surface area (Å²) in [7, 11) is 0. The van der Waals surface area contributed by atoms with E-state index in [0.717, 1.165) is 10.0 Å². The third-order valence-electron chi connectivity index (χ3n) is 2.83. The van der Waals surface area contributed by atoms with Gasteiger partial charge in [-0.1, -0.05) is 35.0 Å². The number of hydrogen-bond donors (Lipinski definition) is 3. The van der Waals surface area contributed by atoms with E-state index in [1.807, 2.05) is 31.2 Å². The molecule has 1 aromatic carbocycles. The molecule has 20 heavy (non-hydrogen) atoms. The number of carboxylic acids is 1. The van der Waals surface area contributed by atoms with Crippen molar-refractivity contribution in [1.82, 2.24) is 10.6 Å². The van der Waals surface area contributed by atoms with Gasteiger partial charge in [0, 0.05) is 24.0 Å². The van der Waals surface area contributed by atoms with E-state index in [-0.39, 0.29) is 18.4 Å². The number of carbonyl (C=O) groups is 2. The molecule has 0 aliphatic carbocycles. The van der Waals surface area contributed by atoms with E-state index in [9.17, 15) is 9.59 Å². The summed E-state index contributed by atoms with van der Waals surface area (Å²) in [6.45, 7) is 2.85. The van der Waals surface area contributed by atoms with Gasteiger partial charge in [0.05, 0.1) is 0 Å². The lowest BCUT2D eigenvalue weighted by Gasteiger charge is -2.12. The average molecular weight is 343 g/mol. The van der Waals surface area contributed by atoms with Crippen LogP contribution in [0.1, 0.15) is 25.3 Å². The van der Waals surface area contributed by atoms with Crippen molar-refractivity contribution in [2.45, 2.75) is 26.3 Å². The molecule has 0 radical (unpaired) electrons. The van der Waals surface area contributed by atoms with Gasteiger partial charge in [0.1, 0.15) is 0 Å². The number of urea groups is 1. The fourth-order valence-electron chi connectivity index (χ4n) is 1.59. The second-order valence-corrected chi connectivity index (χ2v) is 5.64. The second-order valence-electron chi connectivity index (χ2n) is 4.73. The van der Waals surface area contributed by atoms with Gasteiger partial charge in [0.15, 0.2) is 0 Å². The summed E-state index contributed by atoms with van der Waals surface area (Å²) in [5.41, 5.74) is 1.02. The molecule has 2 amide bonds. The first-order chi connectivity index (χ1) is 9.47. The van der Waals surface area contributed by atoms with Gasteiger partial charge in [-0.2, -0.15) is 0 Å². The van der Waals surface area contributed by atoms with Crippen molar-refractivity contribution in [2.75, 3.05) is 6.54 Å². The molecule has 0 aliphatic rings. The topological polar surface area (TPSA) is 78.4 Å². The maximum atomic E-state index is 11.6. The van der Waals surface area contributed by atoms with E-state index in [2.05, 4.69) is 26.6 Å². The summed E-state index contributed by atoms with van der Waals surface area (Å²) in [6, 6.07) is 7.46. The normalized spacial score (nSPS) is 11.7. The van der Waals surface area contributed by atoms with Gasteiger partial charge in [-0.05, 0) is 30.0 Å². The van der Waals surface area contributed by atoms with Gasteiger partial charge >= 0.3 is 12.0 Å². The Morgan fingerprint density at radius 2 is 1.90 bits per heavy atom. The Labute approximate surface area is 126 Å². The molecule has 1 unspecified atom stereocenters.